The fourth-order valence-electron chi connectivity index (χ4n) is 2.85. The van der Waals surface area contributed by atoms with Gasteiger partial charge in [0.15, 0.2) is 6.10 Å². The van der Waals surface area contributed by atoms with Crippen LogP contribution in [0.15, 0.2) is 85.0 Å². The van der Waals surface area contributed by atoms with E-state index in [-0.39, 0.29) is 6.61 Å². The Hall–Kier alpha value is -2.65. The molecule has 25 heavy (non-hydrogen) atoms. The van der Waals surface area contributed by atoms with Crippen LogP contribution in [0.1, 0.15) is 30.4 Å². The highest BCUT2D eigenvalue weighted by Crippen LogP contribution is 2.31. The summed E-state index contributed by atoms with van der Waals surface area (Å²) >= 11 is 0. The molecule has 130 valence electrons. The molecule has 3 heteroatoms. The molecule has 2 atom stereocenters. The van der Waals surface area contributed by atoms with Gasteiger partial charge >= 0.3 is 5.97 Å². The van der Waals surface area contributed by atoms with Crippen LogP contribution in [-0.4, -0.2) is 17.2 Å². The van der Waals surface area contributed by atoms with Crippen molar-refractivity contribution in [3.8, 4) is 0 Å². The van der Waals surface area contributed by atoms with Crippen LogP contribution in [-0.2, 0) is 16.1 Å². The first kappa shape index (κ1) is 18.7. The summed E-state index contributed by atoms with van der Waals surface area (Å²) in [6.07, 6.45) is 3.55. The average Bonchev–Trinajstić information content (AvgIpc) is 2.65. The van der Waals surface area contributed by atoms with Gasteiger partial charge in [-0.05, 0) is 23.1 Å². The number of carboxylic acid groups (broad SMARTS) is 1. The molecule has 0 saturated heterocycles. The summed E-state index contributed by atoms with van der Waals surface area (Å²) in [6.45, 7) is 6.14. The summed E-state index contributed by atoms with van der Waals surface area (Å²) in [7, 11) is 0. The molecule has 0 heterocycles. The molecule has 2 rings (SSSR count). The number of carbonyl (C=O) groups is 1. The fourth-order valence-corrected chi connectivity index (χ4v) is 2.85. The average molecular weight is 336 g/mol. The number of aliphatic carboxylic acids is 1. The Kier molecular flexibility index (Phi) is 7.17. The molecule has 0 aromatic heterocycles. The van der Waals surface area contributed by atoms with Gasteiger partial charge in [-0.25, -0.2) is 4.79 Å². The molecule has 0 spiro atoms. The predicted molar refractivity (Wildman–Crippen MR) is 100 cm³/mol. The molecule has 0 bridgehead atoms. The van der Waals surface area contributed by atoms with Crippen molar-refractivity contribution in [1.82, 2.24) is 0 Å². The molecule has 1 N–H and O–H groups in total. The zero-order valence-corrected chi connectivity index (χ0v) is 14.5. The van der Waals surface area contributed by atoms with Crippen molar-refractivity contribution < 1.29 is 14.6 Å². The molecule has 0 radical (unpaired) electrons. The van der Waals surface area contributed by atoms with Crippen LogP contribution < -0.4 is 0 Å². The first-order valence-corrected chi connectivity index (χ1v) is 8.43. The second-order valence-electron chi connectivity index (χ2n) is 5.76. The zero-order chi connectivity index (χ0) is 18.1. The molecular formula is C22H24O3. The van der Waals surface area contributed by atoms with Crippen LogP contribution in [0.3, 0.4) is 0 Å². The third-order valence-corrected chi connectivity index (χ3v) is 4.01. The summed E-state index contributed by atoms with van der Waals surface area (Å²) in [5, 5.41) is 9.81. The van der Waals surface area contributed by atoms with Crippen LogP contribution in [0.5, 0.6) is 0 Å². The van der Waals surface area contributed by atoms with E-state index in [9.17, 15) is 9.90 Å². The fraction of sp³-hybridized carbons (Fsp3) is 0.227. The first-order chi connectivity index (χ1) is 12.2. The Morgan fingerprint density at radius 1 is 1.12 bits per heavy atom. The molecular weight excluding hydrogens is 312 g/mol. The number of benzene rings is 2. The maximum atomic E-state index is 12.0. The van der Waals surface area contributed by atoms with Gasteiger partial charge in [0.2, 0.25) is 0 Å². The lowest BCUT2D eigenvalue weighted by atomic mass is 9.85. The van der Waals surface area contributed by atoms with Crippen LogP contribution in [0.2, 0.25) is 0 Å². The largest absolute Gasteiger partial charge is 0.479 e. The number of hydrogen-bond donors (Lipinski definition) is 1. The molecule has 0 aliphatic rings. The SMILES string of the molecule is C=CC(=CCC)C(c1ccccc1)C(OCc1ccccc1)C(=O)O. The lowest BCUT2D eigenvalue weighted by molar-refractivity contribution is -0.152. The molecule has 2 aromatic rings. The van der Waals surface area contributed by atoms with E-state index in [1.54, 1.807) is 6.08 Å². The van der Waals surface area contributed by atoms with E-state index in [4.69, 9.17) is 4.74 Å². The monoisotopic (exact) mass is 336 g/mol. The summed E-state index contributed by atoms with van der Waals surface area (Å²) in [6, 6.07) is 19.2. The topological polar surface area (TPSA) is 46.5 Å². The van der Waals surface area contributed by atoms with Crippen LogP contribution in [0.25, 0.3) is 0 Å². The van der Waals surface area contributed by atoms with Gasteiger partial charge in [0.1, 0.15) is 0 Å². The minimum atomic E-state index is -0.988. The van der Waals surface area contributed by atoms with E-state index >= 15 is 0 Å². The van der Waals surface area contributed by atoms with Gasteiger partial charge in [-0.1, -0.05) is 86.3 Å². The summed E-state index contributed by atoms with van der Waals surface area (Å²) in [5.41, 5.74) is 2.72. The maximum Gasteiger partial charge on any atom is 0.333 e. The molecule has 3 nitrogen and oxygen atoms in total. The van der Waals surface area contributed by atoms with Gasteiger partial charge in [-0.15, -0.1) is 0 Å². The predicted octanol–water partition coefficient (Wildman–Crippen LogP) is 4.96. The van der Waals surface area contributed by atoms with Gasteiger partial charge in [0.25, 0.3) is 0 Å². The van der Waals surface area contributed by atoms with E-state index in [0.717, 1.165) is 23.1 Å². The molecule has 0 aliphatic heterocycles. The summed E-state index contributed by atoms with van der Waals surface area (Å²) in [4.78, 5) is 12.0. The van der Waals surface area contributed by atoms with Crippen molar-refractivity contribution in [3.63, 3.8) is 0 Å². The van der Waals surface area contributed by atoms with Crippen molar-refractivity contribution in [2.75, 3.05) is 0 Å². The van der Waals surface area contributed by atoms with Gasteiger partial charge in [0.05, 0.1) is 6.61 Å². The Bertz CT molecular complexity index is 705. The van der Waals surface area contributed by atoms with Crippen molar-refractivity contribution >= 4 is 5.97 Å². The highest BCUT2D eigenvalue weighted by molar-refractivity contribution is 5.75. The highest BCUT2D eigenvalue weighted by atomic mass is 16.5. The van der Waals surface area contributed by atoms with Gasteiger partial charge in [-0.2, -0.15) is 0 Å². The number of hydrogen-bond acceptors (Lipinski definition) is 2. The zero-order valence-electron chi connectivity index (χ0n) is 14.5. The van der Waals surface area contributed by atoms with E-state index in [0.29, 0.717) is 0 Å². The number of carboxylic acids is 1. The molecule has 0 fully saturated rings. The molecule has 2 aromatic carbocycles. The van der Waals surface area contributed by atoms with E-state index in [2.05, 4.69) is 6.58 Å². The lowest BCUT2D eigenvalue weighted by Crippen LogP contribution is -2.32. The highest BCUT2D eigenvalue weighted by Gasteiger charge is 2.32. The third-order valence-electron chi connectivity index (χ3n) is 4.01. The molecule has 0 aliphatic carbocycles. The van der Waals surface area contributed by atoms with Crippen molar-refractivity contribution in [2.24, 2.45) is 0 Å². The number of ether oxygens (including phenoxy) is 1. The lowest BCUT2D eigenvalue weighted by Gasteiger charge is -2.26. The summed E-state index contributed by atoms with van der Waals surface area (Å²) < 4.78 is 5.85. The van der Waals surface area contributed by atoms with Crippen LogP contribution in [0.4, 0.5) is 0 Å². The molecule has 0 amide bonds. The second kappa shape index (κ2) is 9.60. The van der Waals surface area contributed by atoms with Crippen molar-refractivity contribution in [3.05, 3.63) is 96.1 Å². The minimum Gasteiger partial charge on any atom is -0.479 e. The van der Waals surface area contributed by atoms with Crippen LogP contribution in [0, 0.1) is 0 Å². The maximum absolute atomic E-state index is 12.0. The Morgan fingerprint density at radius 2 is 1.72 bits per heavy atom. The summed E-state index contributed by atoms with van der Waals surface area (Å²) in [5.74, 6) is -1.38. The van der Waals surface area contributed by atoms with Gasteiger partial charge in [0, 0.05) is 5.92 Å². The van der Waals surface area contributed by atoms with Crippen LogP contribution >= 0.6 is 0 Å². The standard InChI is InChI=1S/C22H24O3/c1-3-11-18(4-2)20(19-14-9-6-10-15-19)21(22(23)24)25-16-17-12-7-5-8-13-17/h4-15,20-21H,2-3,16H2,1H3,(H,23,24). The smallest absolute Gasteiger partial charge is 0.333 e. The Balaban J connectivity index is 2.35. The van der Waals surface area contributed by atoms with Crippen molar-refractivity contribution in [1.29, 1.82) is 0 Å². The number of rotatable bonds is 9. The number of allylic oxidation sites excluding steroid dienone is 2. The normalized spacial score (nSPS) is 13.9. The Labute approximate surface area is 149 Å². The molecule has 0 saturated carbocycles. The van der Waals surface area contributed by atoms with Gasteiger partial charge < -0.3 is 9.84 Å². The molecule has 2 unspecified atom stereocenters. The van der Waals surface area contributed by atoms with Gasteiger partial charge in [-0.3, -0.25) is 0 Å². The van der Waals surface area contributed by atoms with Crippen molar-refractivity contribution in [2.45, 2.75) is 32.0 Å². The first-order valence-electron chi connectivity index (χ1n) is 8.43. The Morgan fingerprint density at radius 3 is 2.24 bits per heavy atom. The van der Waals surface area contributed by atoms with E-state index < -0.39 is 18.0 Å². The third kappa shape index (κ3) is 5.16. The second-order valence-corrected chi connectivity index (χ2v) is 5.76. The minimum absolute atomic E-state index is 0.248. The van der Waals surface area contributed by atoms with E-state index in [1.165, 1.54) is 0 Å². The quantitative estimate of drug-likeness (QED) is 0.658. The van der Waals surface area contributed by atoms with E-state index in [1.807, 2.05) is 73.7 Å².